The summed E-state index contributed by atoms with van der Waals surface area (Å²) in [4.78, 5) is 0. The Balaban J connectivity index is 2.48. The van der Waals surface area contributed by atoms with Crippen LogP contribution in [0.15, 0.2) is 48.5 Å². The molecule has 0 aromatic heterocycles. The van der Waals surface area contributed by atoms with E-state index in [0.29, 0.717) is 0 Å². The van der Waals surface area contributed by atoms with Crippen LogP contribution in [-0.2, 0) is 0 Å². The highest BCUT2D eigenvalue weighted by Crippen LogP contribution is 2.28. The van der Waals surface area contributed by atoms with Crippen molar-refractivity contribution in [3.63, 3.8) is 0 Å². The summed E-state index contributed by atoms with van der Waals surface area (Å²) in [5.41, 5.74) is 10.5. The Morgan fingerprint density at radius 3 is 2.12 bits per heavy atom. The Morgan fingerprint density at radius 2 is 1.53 bits per heavy atom. The van der Waals surface area contributed by atoms with Gasteiger partial charge >= 0.3 is 0 Å². The molecule has 0 fully saturated rings. The molecule has 0 radical (unpaired) electrons. The first-order valence-corrected chi connectivity index (χ1v) is 5.81. The van der Waals surface area contributed by atoms with E-state index < -0.39 is 0 Å². The molecule has 2 aromatic carbocycles. The molecule has 0 spiro atoms. The zero-order valence-corrected chi connectivity index (χ0v) is 10.3. The highest BCUT2D eigenvalue weighted by molar-refractivity contribution is 5.52. The maximum Gasteiger partial charge on any atom is 0.0597 e. The fourth-order valence-corrected chi connectivity index (χ4v) is 2.16. The lowest BCUT2D eigenvalue weighted by Crippen LogP contribution is -2.19. The van der Waals surface area contributed by atoms with Gasteiger partial charge in [-0.25, -0.2) is 0 Å². The normalized spacial score (nSPS) is 12.4. The van der Waals surface area contributed by atoms with Gasteiger partial charge in [-0.1, -0.05) is 42.5 Å². The molecule has 0 aliphatic heterocycles. The second kappa shape index (κ2) is 5.02. The Morgan fingerprint density at radius 1 is 0.941 bits per heavy atom. The van der Waals surface area contributed by atoms with Crippen molar-refractivity contribution in [1.29, 1.82) is 0 Å². The quantitative estimate of drug-likeness (QED) is 0.790. The van der Waals surface area contributed by atoms with Crippen LogP contribution in [0, 0.1) is 6.92 Å². The van der Waals surface area contributed by atoms with E-state index in [2.05, 4.69) is 42.6 Å². The van der Waals surface area contributed by atoms with Crippen LogP contribution in [0.4, 0.5) is 5.69 Å². The van der Waals surface area contributed by atoms with Gasteiger partial charge in [0.05, 0.1) is 6.04 Å². The van der Waals surface area contributed by atoms with Crippen molar-refractivity contribution >= 4 is 5.69 Å². The third-order valence-electron chi connectivity index (χ3n) is 3.10. The van der Waals surface area contributed by atoms with E-state index in [4.69, 9.17) is 5.73 Å². The molecular formula is C15H18N2. The maximum absolute atomic E-state index is 6.04. The topological polar surface area (TPSA) is 38.0 Å². The minimum Gasteiger partial charge on any atom is -0.398 e. The largest absolute Gasteiger partial charge is 0.398 e. The first-order valence-electron chi connectivity index (χ1n) is 5.81. The van der Waals surface area contributed by atoms with E-state index in [-0.39, 0.29) is 6.04 Å². The summed E-state index contributed by atoms with van der Waals surface area (Å²) in [6, 6.07) is 16.5. The zero-order valence-electron chi connectivity index (χ0n) is 10.3. The van der Waals surface area contributed by atoms with Gasteiger partial charge in [0, 0.05) is 5.69 Å². The van der Waals surface area contributed by atoms with Crippen LogP contribution in [0.5, 0.6) is 0 Å². The van der Waals surface area contributed by atoms with Crippen molar-refractivity contribution in [2.75, 3.05) is 12.8 Å². The second-order valence-electron chi connectivity index (χ2n) is 4.21. The summed E-state index contributed by atoms with van der Waals surface area (Å²) >= 11 is 0. The molecule has 0 saturated heterocycles. The van der Waals surface area contributed by atoms with E-state index in [0.717, 1.165) is 11.3 Å². The minimum atomic E-state index is 0.150. The van der Waals surface area contributed by atoms with Crippen LogP contribution >= 0.6 is 0 Å². The predicted molar refractivity (Wildman–Crippen MR) is 72.9 cm³/mol. The van der Waals surface area contributed by atoms with Gasteiger partial charge < -0.3 is 11.1 Å². The molecule has 0 heterocycles. The summed E-state index contributed by atoms with van der Waals surface area (Å²) < 4.78 is 0. The van der Waals surface area contributed by atoms with Gasteiger partial charge in [-0.05, 0) is 36.7 Å². The van der Waals surface area contributed by atoms with Gasteiger partial charge in [-0.15, -0.1) is 0 Å². The van der Waals surface area contributed by atoms with Crippen LogP contribution in [0.2, 0.25) is 0 Å². The Kier molecular flexibility index (Phi) is 3.45. The molecular weight excluding hydrogens is 208 g/mol. The molecule has 2 heteroatoms. The number of rotatable bonds is 3. The van der Waals surface area contributed by atoms with Gasteiger partial charge in [-0.3, -0.25) is 0 Å². The number of aryl methyl sites for hydroxylation is 1. The van der Waals surface area contributed by atoms with Gasteiger partial charge in [0.25, 0.3) is 0 Å². The van der Waals surface area contributed by atoms with Crippen molar-refractivity contribution in [1.82, 2.24) is 5.32 Å². The van der Waals surface area contributed by atoms with Crippen LogP contribution < -0.4 is 11.1 Å². The fourth-order valence-electron chi connectivity index (χ4n) is 2.16. The minimum absolute atomic E-state index is 0.150. The van der Waals surface area contributed by atoms with E-state index in [1.165, 1.54) is 11.1 Å². The number of hydrogen-bond donors (Lipinski definition) is 2. The molecule has 2 aromatic rings. The lowest BCUT2D eigenvalue weighted by atomic mass is 9.94. The second-order valence-corrected chi connectivity index (χ2v) is 4.21. The van der Waals surface area contributed by atoms with Crippen molar-refractivity contribution in [2.24, 2.45) is 0 Å². The molecule has 1 unspecified atom stereocenters. The summed E-state index contributed by atoms with van der Waals surface area (Å²) in [5.74, 6) is 0. The molecule has 3 N–H and O–H groups in total. The molecule has 0 bridgehead atoms. The molecule has 0 aliphatic rings. The monoisotopic (exact) mass is 226 g/mol. The van der Waals surface area contributed by atoms with E-state index >= 15 is 0 Å². The van der Waals surface area contributed by atoms with Crippen molar-refractivity contribution in [2.45, 2.75) is 13.0 Å². The van der Waals surface area contributed by atoms with Crippen LogP contribution in [0.1, 0.15) is 22.7 Å². The van der Waals surface area contributed by atoms with E-state index in [1.54, 1.807) is 0 Å². The van der Waals surface area contributed by atoms with Gasteiger partial charge in [-0.2, -0.15) is 0 Å². The predicted octanol–water partition coefficient (Wildman–Crippen LogP) is 2.89. The molecule has 0 saturated carbocycles. The first-order chi connectivity index (χ1) is 8.24. The number of hydrogen-bond acceptors (Lipinski definition) is 2. The van der Waals surface area contributed by atoms with Gasteiger partial charge in [0.15, 0.2) is 0 Å². The smallest absolute Gasteiger partial charge is 0.0597 e. The number of para-hydroxylation sites is 1. The highest BCUT2D eigenvalue weighted by Gasteiger charge is 2.15. The molecule has 0 aliphatic carbocycles. The van der Waals surface area contributed by atoms with E-state index in [9.17, 15) is 0 Å². The summed E-state index contributed by atoms with van der Waals surface area (Å²) in [6.45, 7) is 2.12. The molecule has 17 heavy (non-hydrogen) atoms. The number of nitrogens with one attached hydrogen (secondary N) is 1. The lowest BCUT2D eigenvalue weighted by Gasteiger charge is -2.20. The molecule has 0 amide bonds. The fraction of sp³-hybridized carbons (Fsp3) is 0.200. The standard InChI is InChI=1S/C15H18N2/c1-11-7-3-4-8-12(11)15(17-2)13-9-5-6-10-14(13)16/h3-10,15,17H,16H2,1-2H3. The highest BCUT2D eigenvalue weighted by atomic mass is 14.9. The molecule has 1 atom stereocenters. The Labute approximate surface area is 102 Å². The molecule has 88 valence electrons. The number of nitrogen functional groups attached to an aromatic ring is 1. The number of anilines is 1. The SMILES string of the molecule is CNC(c1ccccc1C)c1ccccc1N. The maximum atomic E-state index is 6.04. The van der Waals surface area contributed by atoms with Crippen LogP contribution in [0.25, 0.3) is 0 Å². The van der Waals surface area contributed by atoms with Gasteiger partial charge in [0.1, 0.15) is 0 Å². The molecule has 2 nitrogen and oxygen atoms in total. The molecule has 2 rings (SSSR count). The Bertz CT molecular complexity index is 460. The summed E-state index contributed by atoms with van der Waals surface area (Å²) in [6.07, 6.45) is 0. The Hall–Kier alpha value is -1.80. The van der Waals surface area contributed by atoms with Crippen molar-refractivity contribution in [3.8, 4) is 0 Å². The number of benzene rings is 2. The first kappa shape index (κ1) is 11.7. The third kappa shape index (κ3) is 2.32. The average molecular weight is 226 g/mol. The summed E-state index contributed by atoms with van der Waals surface area (Å²) in [5, 5.41) is 3.34. The van der Waals surface area contributed by atoms with Crippen molar-refractivity contribution in [3.05, 3.63) is 65.2 Å². The zero-order chi connectivity index (χ0) is 12.3. The van der Waals surface area contributed by atoms with Crippen LogP contribution in [-0.4, -0.2) is 7.05 Å². The lowest BCUT2D eigenvalue weighted by molar-refractivity contribution is 0.689. The van der Waals surface area contributed by atoms with E-state index in [1.807, 2.05) is 25.2 Å². The van der Waals surface area contributed by atoms with Crippen molar-refractivity contribution < 1.29 is 0 Å². The van der Waals surface area contributed by atoms with Crippen LogP contribution in [0.3, 0.4) is 0 Å². The summed E-state index contributed by atoms with van der Waals surface area (Å²) in [7, 11) is 1.96. The number of nitrogens with two attached hydrogens (primary N) is 1. The average Bonchev–Trinajstić information content (AvgIpc) is 2.34. The third-order valence-corrected chi connectivity index (χ3v) is 3.10. The van der Waals surface area contributed by atoms with Gasteiger partial charge in [0.2, 0.25) is 0 Å².